The molecule has 0 saturated carbocycles. The minimum atomic E-state index is -1.07. The molecule has 0 N–H and O–H groups in total. The molecule has 50 heavy (non-hydrogen) atoms. The summed E-state index contributed by atoms with van der Waals surface area (Å²) in [6.45, 7) is 4.41. The number of rotatable bonds is 10. The SMILES string of the molecule is Cc1ccc(OCOc2ccc(COO[C@@](C)(c3ccccc3)C3Oc4ccc5c(c4[C@H]4c6ccccc6CCC4O3)CCCC5)cc2)cc1. The summed E-state index contributed by atoms with van der Waals surface area (Å²) in [4.78, 5) is 12.5. The minimum Gasteiger partial charge on any atom is -0.461 e. The van der Waals surface area contributed by atoms with Crippen molar-refractivity contribution >= 4 is 0 Å². The van der Waals surface area contributed by atoms with Crippen molar-refractivity contribution in [3.05, 3.63) is 160 Å². The average Bonchev–Trinajstić information content (AvgIpc) is 3.34. The molecule has 0 aromatic heterocycles. The molecule has 0 radical (unpaired) electrons. The third-order valence-corrected chi connectivity index (χ3v) is 10.5. The van der Waals surface area contributed by atoms with Gasteiger partial charge in [-0.15, -0.1) is 0 Å². The van der Waals surface area contributed by atoms with Crippen LogP contribution in [0, 0.1) is 6.92 Å². The van der Waals surface area contributed by atoms with Crippen LogP contribution in [0.3, 0.4) is 0 Å². The Balaban J connectivity index is 1.03. The van der Waals surface area contributed by atoms with Gasteiger partial charge in [-0.05, 0) is 116 Å². The first-order valence-electron chi connectivity index (χ1n) is 17.9. The lowest BCUT2D eigenvalue weighted by Crippen LogP contribution is -2.47. The van der Waals surface area contributed by atoms with Gasteiger partial charge in [0, 0.05) is 11.5 Å². The van der Waals surface area contributed by atoms with Gasteiger partial charge in [-0.3, -0.25) is 0 Å². The topological polar surface area (TPSA) is 55.4 Å². The first-order chi connectivity index (χ1) is 24.5. The molecule has 0 saturated heterocycles. The monoisotopic (exact) mass is 668 g/mol. The van der Waals surface area contributed by atoms with Crippen LogP contribution in [-0.4, -0.2) is 19.2 Å². The smallest absolute Gasteiger partial charge is 0.236 e. The molecule has 6 nitrogen and oxygen atoms in total. The van der Waals surface area contributed by atoms with Crippen LogP contribution in [0.1, 0.15) is 76.6 Å². The summed E-state index contributed by atoms with van der Waals surface area (Å²) in [6.07, 6.45) is 5.64. The lowest BCUT2D eigenvalue weighted by molar-refractivity contribution is -0.409. The summed E-state index contributed by atoms with van der Waals surface area (Å²) in [5.74, 6) is 2.46. The van der Waals surface area contributed by atoms with Crippen LogP contribution < -0.4 is 14.2 Å². The van der Waals surface area contributed by atoms with Crippen molar-refractivity contribution in [2.75, 3.05) is 6.79 Å². The van der Waals surface area contributed by atoms with Crippen molar-refractivity contribution in [3.63, 3.8) is 0 Å². The second-order valence-corrected chi connectivity index (χ2v) is 13.8. The molecule has 5 aromatic carbocycles. The third kappa shape index (κ3) is 6.63. The lowest BCUT2D eigenvalue weighted by Gasteiger charge is -2.38. The Morgan fingerprint density at radius 2 is 1.44 bits per heavy atom. The van der Waals surface area contributed by atoms with Crippen LogP contribution in [-0.2, 0) is 46.0 Å². The summed E-state index contributed by atoms with van der Waals surface area (Å²) in [5, 5.41) is 0. The maximum Gasteiger partial charge on any atom is 0.236 e. The Bertz CT molecular complexity index is 1900. The standard InChI is InChI=1S/C44H44O6/c1-30-16-22-35(23-17-30)45-29-46-36-24-18-31(19-25-36)28-47-50-44(2,34-12-4-3-5-13-34)43-48-39-26-20-32-10-6-8-14-37(32)41(39)42-38-15-9-7-11-33(38)21-27-40(42)49-43/h3-6,8,10,12-14,16-19,21-25,27,39,41,43H,7,9,11,15,20,26,28-29H2,1-2H3/t39?,41-,43?,44-/m0/s1. The highest BCUT2D eigenvalue weighted by molar-refractivity contribution is 5.55. The lowest BCUT2D eigenvalue weighted by atomic mass is 9.73. The fourth-order valence-corrected chi connectivity index (χ4v) is 7.74. The van der Waals surface area contributed by atoms with E-state index < -0.39 is 11.9 Å². The molecule has 0 fully saturated rings. The van der Waals surface area contributed by atoms with Crippen LogP contribution >= 0.6 is 0 Å². The van der Waals surface area contributed by atoms with Gasteiger partial charge in [-0.1, -0.05) is 90.5 Å². The van der Waals surface area contributed by atoms with Crippen molar-refractivity contribution in [2.24, 2.45) is 0 Å². The number of hydrogen-bond acceptors (Lipinski definition) is 6. The second-order valence-electron chi connectivity index (χ2n) is 13.8. The molecule has 3 aliphatic rings. The highest BCUT2D eigenvalue weighted by atomic mass is 17.2. The van der Waals surface area contributed by atoms with E-state index in [1.54, 1.807) is 0 Å². The molecule has 0 spiro atoms. The van der Waals surface area contributed by atoms with Crippen molar-refractivity contribution in [1.82, 2.24) is 0 Å². The van der Waals surface area contributed by atoms with Gasteiger partial charge in [-0.2, -0.15) is 0 Å². The van der Waals surface area contributed by atoms with E-state index in [-0.39, 0.29) is 25.4 Å². The highest BCUT2D eigenvalue weighted by Crippen LogP contribution is 2.50. The van der Waals surface area contributed by atoms with Gasteiger partial charge in [0.25, 0.3) is 0 Å². The zero-order valence-electron chi connectivity index (χ0n) is 28.8. The summed E-state index contributed by atoms with van der Waals surface area (Å²) < 4.78 is 25.6. The van der Waals surface area contributed by atoms with E-state index in [0.29, 0.717) is 5.75 Å². The predicted octanol–water partition coefficient (Wildman–Crippen LogP) is 9.53. The number of benzene rings is 5. The van der Waals surface area contributed by atoms with Crippen molar-refractivity contribution in [2.45, 2.75) is 82.9 Å². The molecule has 256 valence electrons. The summed E-state index contributed by atoms with van der Waals surface area (Å²) >= 11 is 0. The van der Waals surface area contributed by atoms with Gasteiger partial charge in [0.2, 0.25) is 13.1 Å². The summed E-state index contributed by atoms with van der Waals surface area (Å²) in [7, 11) is 0. The van der Waals surface area contributed by atoms with Gasteiger partial charge >= 0.3 is 0 Å². The van der Waals surface area contributed by atoms with E-state index >= 15 is 0 Å². The Kier molecular flexibility index (Phi) is 9.33. The maximum atomic E-state index is 7.10. The summed E-state index contributed by atoms with van der Waals surface area (Å²) in [5.41, 5.74) is 8.90. The Morgan fingerprint density at radius 3 is 2.24 bits per heavy atom. The number of aryl methyl sites for hydroxylation is 3. The second kappa shape index (κ2) is 14.3. The zero-order chi connectivity index (χ0) is 33.9. The molecule has 6 heteroatoms. The third-order valence-electron chi connectivity index (χ3n) is 10.5. The molecule has 8 rings (SSSR count). The van der Waals surface area contributed by atoms with Gasteiger partial charge in [0.05, 0.1) is 6.10 Å². The Labute approximate surface area is 294 Å². The van der Waals surface area contributed by atoms with Gasteiger partial charge < -0.3 is 18.9 Å². The number of hydrogen-bond donors (Lipinski definition) is 0. The van der Waals surface area contributed by atoms with E-state index in [4.69, 9.17) is 28.7 Å². The molecular formula is C44H44O6. The molecule has 5 aromatic rings. The fourth-order valence-electron chi connectivity index (χ4n) is 7.74. The highest BCUT2D eigenvalue weighted by Gasteiger charge is 2.48. The first-order valence-corrected chi connectivity index (χ1v) is 17.9. The normalized spacial score (nSPS) is 20.5. The molecule has 2 aliphatic carbocycles. The molecule has 1 aliphatic heterocycles. The molecular weight excluding hydrogens is 624 g/mol. The number of ether oxygens (including phenoxy) is 4. The zero-order valence-corrected chi connectivity index (χ0v) is 28.8. The van der Waals surface area contributed by atoms with Crippen LogP contribution in [0.2, 0.25) is 0 Å². The van der Waals surface area contributed by atoms with Gasteiger partial charge in [-0.25, -0.2) is 9.78 Å². The van der Waals surface area contributed by atoms with Crippen molar-refractivity contribution in [3.8, 4) is 17.2 Å². The van der Waals surface area contributed by atoms with Gasteiger partial charge in [0.1, 0.15) is 23.9 Å². The molecule has 0 amide bonds. The Hall–Kier alpha value is -4.62. The fraction of sp³-hybridized carbons (Fsp3) is 0.318. The Morgan fingerprint density at radius 1 is 0.720 bits per heavy atom. The van der Waals surface area contributed by atoms with Crippen LogP contribution in [0.5, 0.6) is 17.2 Å². The van der Waals surface area contributed by atoms with Crippen molar-refractivity contribution in [1.29, 1.82) is 0 Å². The number of fused-ring (bicyclic) bond motifs is 7. The quantitative estimate of drug-likeness (QED) is 0.0840. The summed E-state index contributed by atoms with van der Waals surface area (Å²) in [6, 6.07) is 39.1. The van der Waals surface area contributed by atoms with Crippen LogP contribution in [0.25, 0.3) is 0 Å². The minimum absolute atomic E-state index is 0.0706. The van der Waals surface area contributed by atoms with E-state index in [1.165, 1.54) is 46.2 Å². The van der Waals surface area contributed by atoms with Gasteiger partial charge in [0.15, 0.2) is 5.60 Å². The van der Waals surface area contributed by atoms with E-state index in [2.05, 4.69) is 36.4 Å². The maximum absolute atomic E-state index is 7.10. The molecule has 2 unspecified atom stereocenters. The average molecular weight is 669 g/mol. The van der Waals surface area contributed by atoms with E-state index in [9.17, 15) is 0 Å². The molecule has 4 atom stereocenters. The molecule has 1 heterocycles. The first kappa shape index (κ1) is 32.6. The van der Waals surface area contributed by atoms with Crippen LogP contribution in [0.4, 0.5) is 0 Å². The largest absolute Gasteiger partial charge is 0.461 e. The predicted molar refractivity (Wildman–Crippen MR) is 192 cm³/mol. The van der Waals surface area contributed by atoms with Crippen molar-refractivity contribution < 1.29 is 28.7 Å². The van der Waals surface area contributed by atoms with E-state index in [1.807, 2.05) is 92.7 Å². The van der Waals surface area contributed by atoms with E-state index in [0.717, 1.165) is 48.3 Å². The van der Waals surface area contributed by atoms with Crippen LogP contribution in [0.15, 0.2) is 115 Å². The molecule has 0 bridgehead atoms.